The van der Waals surface area contributed by atoms with Crippen molar-refractivity contribution in [3.8, 4) is 0 Å². The van der Waals surface area contributed by atoms with Crippen molar-refractivity contribution in [2.75, 3.05) is 13.2 Å². The van der Waals surface area contributed by atoms with Crippen molar-refractivity contribution in [3.05, 3.63) is 12.2 Å². The zero-order valence-electron chi connectivity index (χ0n) is 15.4. The minimum Gasteiger partial charge on any atom is -0.463 e. The van der Waals surface area contributed by atoms with Crippen LogP contribution in [0.2, 0.25) is 25.7 Å². The molecule has 0 bridgehead atoms. The van der Waals surface area contributed by atoms with Crippen LogP contribution in [0, 0.1) is 0 Å². The van der Waals surface area contributed by atoms with E-state index in [1.807, 2.05) is 0 Å². The molecule has 0 aromatic heterocycles. The second-order valence-corrected chi connectivity index (χ2v) is 12.7. The van der Waals surface area contributed by atoms with E-state index in [9.17, 15) is 9.59 Å². The third-order valence-corrected chi connectivity index (χ3v) is 5.27. The van der Waals surface area contributed by atoms with Gasteiger partial charge in [-0.1, -0.05) is 64.7 Å². The molecule has 0 aromatic rings. The predicted molar refractivity (Wildman–Crippen MR) is 97.2 cm³/mol. The van der Waals surface area contributed by atoms with Crippen LogP contribution in [0.5, 0.6) is 0 Å². The van der Waals surface area contributed by atoms with Crippen LogP contribution >= 0.6 is 0 Å². The van der Waals surface area contributed by atoms with E-state index in [0.29, 0.717) is 13.2 Å². The van der Waals surface area contributed by atoms with E-state index in [1.165, 1.54) is 25.7 Å². The molecule has 0 atom stereocenters. The molecule has 4 nitrogen and oxygen atoms in total. The van der Waals surface area contributed by atoms with Crippen LogP contribution in [0.1, 0.15) is 51.9 Å². The average molecular weight is 343 g/mol. The first-order chi connectivity index (χ1) is 10.8. The standard InChI is InChI=1S/C18H34O4Si/c1-5-6-7-8-9-10-14-21-17(19)12-13-18(20)22-15-11-16-23(2,3)4/h12-13H,5-11,14-16H2,1-4H3. The largest absolute Gasteiger partial charge is 0.463 e. The summed E-state index contributed by atoms with van der Waals surface area (Å²) in [6.45, 7) is 9.88. The number of carbonyl (C=O) groups is 2. The molecular weight excluding hydrogens is 308 g/mol. The predicted octanol–water partition coefficient (Wildman–Crippen LogP) is 4.72. The van der Waals surface area contributed by atoms with Gasteiger partial charge in [0.05, 0.1) is 13.2 Å². The maximum atomic E-state index is 11.4. The molecule has 0 N–H and O–H groups in total. The first kappa shape index (κ1) is 21.9. The van der Waals surface area contributed by atoms with Gasteiger partial charge in [0.25, 0.3) is 0 Å². The van der Waals surface area contributed by atoms with Gasteiger partial charge in [-0.2, -0.15) is 0 Å². The van der Waals surface area contributed by atoms with Crippen molar-refractivity contribution >= 4 is 20.0 Å². The summed E-state index contributed by atoms with van der Waals surface area (Å²) >= 11 is 0. The van der Waals surface area contributed by atoms with Gasteiger partial charge in [0.2, 0.25) is 0 Å². The summed E-state index contributed by atoms with van der Waals surface area (Å²) < 4.78 is 10.1. The number of rotatable bonds is 13. The van der Waals surface area contributed by atoms with E-state index in [0.717, 1.165) is 37.5 Å². The van der Waals surface area contributed by atoms with Crippen molar-refractivity contribution < 1.29 is 19.1 Å². The van der Waals surface area contributed by atoms with Gasteiger partial charge >= 0.3 is 11.9 Å². The van der Waals surface area contributed by atoms with E-state index in [-0.39, 0.29) is 0 Å². The van der Waals surface area contributed by atoms with E-state index in [2.05, 4.69) is 26.6 Å². The Morgan fingerprint density at radius 1 is 0.783 bits per heavy atom. The van der Waals surface area contributed by atoms with Crippen molar-refractivity contribution in [3.63, 3.8) is 0 Å². The summed E-state index contributed by atoms with van der Waals surface area (Å²) in [6, 6.07) is 1.13. The topological polar surface area (TPSA) is 52.6 Å². The molecule has 0 spiro atoms. The third kappa shape index (κ3) is 17.1. The molecule has 134 valence electrons. The van der Waals surface area contributed by atoms with Crippen LogP contribution in [-0.4, -0.2) is 33.2 Å². The van der Waals surface area contributed by atoms with E-state index in [4.69, 9.17) is 9.47 Å². The number of carbonyl (C=O) groups excluding carboxylic acids is 2. The van der Waals surface area contributed by atoms with Crippen LogP contribution in [0.25, 0.3) is 0 Å². The molecule has 0 aliphatic carbocycles. The monoisotopic (exact) mass is 342 g/mol. The lowest BCUT2D eigenvalue weighted by Gasteiger charge is -2.14. The van der Waals surface area contributed by atoms with Crippen molar-refractivity contribution in [1.29, 1.82) is 0 Å². The summed E-state index contributed by atoms with van der Waals surface area (Å²) in [4.78, 5) is 22.9. The molecular formula is C18H34O4Si. The Balaban J connectivity index is 3.60. The SMILES string of the molecule is CCCCCCCCOC(=O)C=CC(=O)OCCC[Si](C)(C)C. The smallest absolute Gasteiger partial charge is 0.331 e. The molecule has 0 amide bonds. The van der Waals surface area contributed by atoms with E-state index >= 15 is 0 Å². The van der Waals surface area contributed by atoms with Crippen molar-refractivity contribution in [2.45, 2.75) is 77.6 Å². The first-order valence-electron chi connectivity index (χ1n) is 8.87. The number of esters is 2. The zero-order valence-corrected chi connectivity index (χ0v) is 16.4. The summed E-state index contributed by atoms with van der Waals surface area (Å²) in [5.74, 6) is -0.949. The lowest BCUT2D eigenvalue weighted by molar-refractivity contribution is -0.140. The molecule has 0 radical (unpaired) electrons. The molecule has 23 heavy (non-hydrogen) atoms. The lowest BCUT2D eigenvalue weighted by Crippen LogP contribution is -2.20. The quantitative estimate of drug-likeness (QED) is 0.210. The van der Waals surface area contributed by atoms with Gasteiger partial charge < -0.3 is 9.47 Å². The van der Waals surface area contributed by atoms with Gasteiger partial charge in [-0.05, 0) is 12.8 Å². The molecule has 0 unspecified atom stereocenters. The van der Waals surface area contributed by atoms with Crippen LogP contribution in [0.3, 0.4) is 0 Å². The van der Waals surface area contributed by atoms with Crippen LogP contribution in [0.4, 0.5) is 0 Å². The van der Waals surface area contributed by atoms with Crippen LogP contribution in [0.15, 0.2) is 12.2 Å². The van der Waals surface area contributed by atoms with Crippen molar-refractivity contribution in [2.24, 2.45) is 0 Å². The molecule has 0 rings (SSSR count). The fourth-order valence-corrected chi connectivity index (χ4v) is 3.27. The normalized spacial score (nSPS) is 11.7. The first-order valence-corrected chi connectivity index (χ1v) is 12.6. The summed E-state index contributed by atoms with van der Waals surface area (Å²) in [6.07, 6.45) is 10.1. The van der Waals surface area contributed by atoms with Crippen LogP contribution in [-0.2, 0) is 19.1 Å². The molecule has 5 heteroatoms. The Kier molecular flexibility index (Phi) is 12.7. The average Bonchev–Trinajstić information content (AvgIpc) is 2.47. The number of hydrogen-bond acceptors (Lipinski definition) is 4. The highest BCUT2D eigenvalue weighted by Crippen LogP contribution is 2.10. The number of ether oxygens (including phenoxy) is 2. The Morgan fingerprint density at radius 3 is 1.78 bits per heavy atom. The highest BCUT2D eigenvalue weighted by Gasteiger charge is 2.12. The minimum atomic E-state index is -1.08. The highest BCUT2D eigenvalue weighted by molar-refractivity contribution is 6.76. The Morgan fingerprint density at radius 2 is 1.26 bits per heavy atom. The van der Waals surface area contributed by atoms with Crippen LogP contribution < -0.4 is 0 Å². The van der Waals surface area contributed by atoms with Crippen molar-refractivity contribution in [1.82, 2.24) is 0 Å². The Hall–Kier alpha value is -1.10. The maximum Gasteiger partial charge on any atom is 0.331 e. The van der Waals surface area contributed by atoms with Gasteiger partial charge in [0.1, 0.15) is 0 Å². The molecule has 0 aliphatic rings. The zero-order chi connectivity index (χ0) is 17.6. The summed E-state index contributed by atoms with van der Waals surface area (Å²) in [7, 11) is -1.08. The van der Waals surface area contributed by atoms with E-state index in [1.54, 1.807) is 0 Å². The Bertz CT molecular complexity index is 359. The van der Waals surface area contributed by atoms with Gasteiger partial charge in [-0.15, -0.1) is 0 Å². The summed E-state index contributed by atoms with van der Waals surface area (Å²) in [5.41, 5.74) is 0. The lowest BCUT2D eigenvalue weighted by atomic mass is 10.1. The van der Waals surface area contributed by atoms with Gasteiger partial charge in [0.15, 0.2) is 0 Å². The van der Waals surface area contributed by atoms with Gasteiger partial charge in [0, 0.05) is 20.2 Å². The molecule has 0 saturated heterocycles. The molecule has 0 saturated carbocycles. The fraction of sp³-hybridized carbons (Fsp3) is 0.778. The minimum absolute atomic E-state index is 0.417. The molecule has 0 aromatic carbocycles. The second-order valence-electron chi connectivity index (χ2n) is 7.10. The Labute approximate surface area is 142 Å². The summed E-state index contributed by atoms with van der Waals surface area (Å²) in [5, 5.41) is 0. The van der Waals surface area contributed by atoms with Gasteiger partial charge in [-0.25, -0.2) is 9.59 Å². The number of unbranched alkanes of at least 4 members (excludes halogenated alkanes) is 5. The van der Waals surface area contributed by atoms with Gasteiger partial charge in [-0.3, -0.25) is 0 Å². The molecule has 0 fully saturated rings. The maximum absolute atomic E-state index is 11.4. The van der Waals surface area contributed by atoms with E-state index < -0.39 is 20.0 Å². The second kappa shape index (κ2) is 13.3. The molecule has 0 aliphatic heterocycles. The third-order valence-electron chi connectivity index (χ3n) is 3.41. The number of hydrogen-bond donors (Lipinski definition) is 0. The highest BCUT2D eigenvalue weighted by atomic mass is 28.3. The fourth-order valence-electron chi connectivity index (χ4n) is 2.06. The molecule has 0 heterocycles.